The van der Waals surface area contributed by atoms with Gasteiger partial charge in [0.15, 0.2) is 0 Å². The number of nitrogens with zero attached hydrogens (tertiary/aromatic N) is 1. The molecule has 1 heterocycles. The van der Waals surface area contributed by atoms with E-state index in [1.54, 1.807) is 0 Å². The van der Waals surface area contributed by atoms with Crippen molar-refractivity contribution in [1.29, 1.82) is 0 Å². The second-order valence-electron chi connectivity index (χ2n) is 5.47. The zero-order chi connectivity index (χ0) is 13.0. The molecule has 2 fully saturated rings. The minimum atomic E-state index is 0.0312. The Labute approximate surface area is 110 Å². The molecule has 1 aliphatic heterocycles. The zero-order valence-electron chi connectivity index (χ0n) is 11.7. The Morgan fingerprint density at radius 2 is 2.06 bits per heavy atom. The Kier molecular flexibility index (Phi) is 5.01. The third kappa shape index (κ3) is 3.23. The van der Waals surface area contributed by atoms with E-state index in [1.807, 2.05) is 0 Å². The molecule has 0 bridgehead atoms. The summed E-state index contributed by atoms with van der Waals surface area (Å²) in [6.45, 7) is 7.43. The lowest BCUT2D eigenvalue weighted by molar-refractivity contribution is -0.136. The molecule has 0 aromatic rings. The molecule has 1 saturated heterocycles. The quantitative estimate of drug-likeness (QED) is 0.747. The highest BCUT2D eigenvalue weighted by molar-refractivity contribution is 5.80. The molecule has 1 amide bonds. The highest BCUT2D eigenvalue weighted by Gasteiger charge is 2.40. The smallest absolute Gasteiger partial charge is 0.229 e. The van der Waals surface area contributed by atoms with Crippen molar-refractivity contribution in [3.05, 3.63) is 0 Å². The molecule has 2 atom stereocenters. The van der Waals surface area contributed by atoms with E-state index >= 15 is 0 Å². The van der Waals surface area contributed by atoms with Crippen LogP contribution in [0.5, 0.6) is 0 Å². The van der Waals surface area contributed by atoms with Gasteiger partial charge in [-0.15, -0.1) is 0 Å². The first-order valence-corrected chi connectivity index (χ1v) is 7.39. The molecule has 2 aliphatic rings. The highest BCUT2D eigenvalue weighted by Crippen LogP contribution is 2.29. The minimum absolute atomic E-state index is 0.0312. The second-order valence-corrected chi connectivity index (χ2v) is 5.47. The molecule has 104 valence electrons. The van der Waals surface area contributed by atoms with E-state index in [9.17, 15) is 4.79 Å². The Bertz CT molecular complexity index is 279. The summed E-state index contributed by atoms with van der Waals surface area (Å²) in [5.41, 5.74) is 0. The fourth-order valence-electron chi connectivity index (χ4n) is 2.64. The van der Waals surface area contributed by atoms with Crippen LogP contribution in [-0.2, 0) is 9.53 Å². The van der Waals surface area contributed by atoms with Gasteiger partial charge in [-0.25, -0.2) is 0 Å². The van der Waals surface area contributed by atoms with Gasteiger partial charge in [-0.3, -0.25) is 4.79 Å². The van der Waals surface area contributed by atoms with Crippen molar-refractivity contribution >= 4 is 5.91 Å². The van der Waals surface area contributed by atoms with E-state index in [0.29, 0.717) is 25.2 Å². The van der Waals surface area contributed by atoms with E-state index in [4.69, 9.17) is 4.74 Å². The van der Waals surface area contributed by atoms with Gasteiger partial charge in [0.25, 0.3) is 0 Å². The van der Waals surface area contributed by atoms with Crippen LogP contribution < -0.4 is 5.32 Å². The largest absolute Gasteiger partial charge is 0.379 e. The standard InChI is InChI=1S/C14H26N2O2/c1-3-7-15-13-10-18-9-12(13)14(17)16(8-4-2)11-5-6-11/h11-13,15H,3-10H2,1-2H3. The summed E-state index contributed by atoms with van der Waals surface area (Å²) >= 11 is 0. The number of nitrogens with one attached hydrogen (secondary N) is 1. The molecular weight excluding hydrogens is 228 g/mol. The van der Waals surface area contributed by atoms with Crippen LogP contribution in [0.1, 0.15) is 39.5 Å². The summed E-state index contributed by atoms with van der Waals surface area (Å²) in [6.07, 6.45) is 4.51. The van der Waals surface area contributed by atoms with Crippen LogP contribution in [0.25, 0.3) is 0 Å². The van der Waals surface area contributed by atoms with E-state index in [0.717, 1.165) is 25.9 Å². The van der Waals surface area contributed by atoms with Gasteiger partial charge in [0.1, 0.15) is 0 Å². The lowest BCUT2D eigenvalue weighted by Crippen LogP contribution is -2.47. The number of hydrogen-bond donors (Lipinski definition) is 1. The van der Waals surface area contributed by atoms with E-state index < -0.39 is 0 Å². The molecule has 1 N–H and O–H groups in total. The molecule has 18 heavy (non-hydrogen) atoms. The maximum Gasteiger partial charge on any atom is 0.229 e. The molecule has 4 heteroatoms. The fraction of sp³-hybridized carbons (Fsp3) is 0.929. The summed E-state index contributed by atoms with van der Waals surface area (Å²) in [6, 6.07) is 0.737. The van der Waals surface area contributed by atoms with Gasteiger partial charge in [0.05, 0.1) is 19.1 Å². The maximum absolute atomic E-state index is 12.6. The predicted octanol–water partition coefficient (Wildman–Crippen LogP) is 1.40. The van der Waals surface area contributed by atoms with Crippen LogP contribution in [0.4, 0.5) is 0 Å². The Hall–Kier alpha value is -0.610. The molecule has 0 aromatic carbocycles. The van der Waals surface area contributed by atoms with Gasteiger partial charge in [-0.2, -0.15) is 0 Å². The van der Waals surface area contributed by atoms with E-state index in [-0.39, 0.29) is 12.0 Å². The number of carbonyl (C=O) groups excluding carboxylic acids is 1. The fourth-order valence-corrected chi connectivity index (χ4v) is 2.64. The van der Waals surface area contributed by atoms with Crippen molar-refractivity contribution < 1.29 is 9.53 Å². The van der Waals surface area contributed by atoms with Crippen LogP contribution >= 0.6 is 0 Å². The average molecular weight is 254 g/mol. The third-order valence-corrected chi connectivity index (χ3v) is 3.79. The van der Waals surface area contributed by atoms with Crippen LogP contribution in [0.15, 0.2) is 0 Å². The van der Waals surface area contributed by atoms with Crippen LogP contribution in [0.2, 0.25) is 0 Å². The predicted molar refractivity (Wildman–Crippen MR) is 71.4 cm³/mol. The number of amides is 1. The van der Waals surface area contributed by atoms with Gasteiger partial charge in [0.2, 0.25) is 5.91 Å². The summed E-state index contributed by atoms with van der Waals surface area (Å²) in [4.78, 5) is 14.7. The molecular formula is C14H26N2O2. The van der Waals surface area contributed by atoms with Crippen molar-refractivity contribution in [3.8, 4) is 0 Å². The van der Waals surface area contributed by atoms with Crippen molar-refractivity contribution in [1.82, 2.24) is 10.2 Å². The van der Waals surface area contributed by atoms with Crippen molar-refractivity contribution in [2.24, 2.45) is 5.92 Å². The van der Waals surface area contributed by atoms with Crippen molar-refractivity contribution in [2.45, 2.75) is 51.6 Å². The lowest BCUT2D eigenvalue weighted by atomic mass is 10.0. The van der Waals surface area contributed by atoms with Gasteiger partial charge in [-0.05, 0) is 32.2 Å². The molecule has 2 unspecified atom stereocenters. The normalized spacial score (nSPS) is 27.4. The summed E-state index contributed by atoms with van der Waals surface area (Å²) in [7, 11) is 0. The molecule has 0 radical (unpaired) electrons. The Morgan fingerprint density at radius 3 is 2.67 bits per heavy atom. The number of hydrogen-bond acceptors (Lipinski definition) is 3. The molecule has 4 nitrogen and oxygen atoms in total. The van der Waals surface area contributed by atoms with E-state index in [1.165, 1.54) is 12.8 Å². The topological polar surface area (TPSA) is 41.6 Å². The first-order valence-electron chi connectivity index (χ1n) is 7.39. The highest BCUT2D eigenvalue weighted by atomic mass is 16.5. The summed E-state index contributed by atoms with van der Waals surface area (Å²) in [5.74, 6) is 0.342. The Balaban J connectivity index is 1.92. The third-order valence-electron chi connectivity index (χ3n) is 3.79. The molecule has 0 spiro atoms. The molecule has 1 saturated carbocycles. The van der Waals surface area contributed by atoms with Gasteiger partial charge < -0.3 is 15.0 Å². The molecule has 2 rings (SSSR count). The van der Waals surface area contributed by atoms with Crippen molar-refractivity contribution in [2.75, 3.05) is 26.3 Å². The summed E-state index contributed by atoms with van der Waals surface area (Å²) in [5, 5.41) is 3.45. The molecule has 1 aliphatic carbocycles. The minimum Gasteiger partial charge on any atom is -0.379 e. The Morgan fingerprint density at radius 1 is 1.28 bits per heavy atom. The first-order chi connectivity index (χ1) is 8.77. The first kappa shape index (κ1) is 13.8. The number of ether oxygens (including phenoxy) is 1. The van der Waals surface area contributed by atoms with Crippen LogP contribution in [-0.4, -0.2) is 49.2 Å². The van der Waals surface area contributed by atoms with Crippen molar-refractivity contribution in [3.63, 3.8) is 0 Å². The number of carbonyl (C=O) groups is 1. The van der Waals surface area contributed by atoms with Gasteiger partial charge in [-0.1, -0.05) is 13.8 Å². The van der Waals surface area contributed by atoms with Crippen LogP contribution in [0, 0.1) is 5.92 Å². The van der Waals surface area contributed by atoms with Gasteiger partial charge in [0, 0.05) is 18.6 Å². The second kappa shape index (κ2) is 6.53. The monoisotopic (exact) mass is 254 g/mol. The average Bonchev–Trinajstić information content (AvgIpc) is 3.11. The zero-order valence-corrected chi connectivity index (χ0v) is 11.7. The SMILES string of the molecule is CCCNC1COCC1C(=O)N(CCC)C1CC1. The summed E-state index contributed by atoms with van der Waals surface area (Å²) < 4.78 is 5.51. The maximum atomic E-state index is 12.6. The lowest BCUT2D eigenvalue weighted by Gasteiger charge is -2.27. The number of rotatable bonds is 7. The van der Waals surface area contributed by atoms with Crippen LogP contribution in [0.3, 0.4) is 0 Å². The van der Waals surface area contributed by atoms with Gasteiger partial charge >= 0.3 is 0 Å². The molecule has 0 aromatic heterocycles. The van der Waals surface area contributed by atoms with E-state index in [2.05, 4.69) is 24.1 Å².